The van der Waals surface area contributed by atoms with Crippen LogP contribution in [-0.4, -0.2) is 49.5 Å². The fourth-order valence-electron chi connectivity index (χ4n) is 3.62. The van der Waals surface area contributed by atoms with E-state index in [0.29, 0.717) is 28.5 Å². The third-order valence-corrected chi connectivity index (χ3v) is 5.33. The van der Waals surface area contributed by atoms with Gasteiger partial charge in [-0.2, -0.15) is 0 Å². The molecule has 1 heterocycles. The van der Waals surface area contributed by atoms with Crippen LogP contribution in [-0.2, 0) is 0 Å². The zero-order valence-electron chi connectivity index (χ0n) is 19.0. The summed E-state index contributed by atoms with van der Waals surface area (Å²) in [5, 5.41) is 14.0. The molecule has 0 fully saturated rings. The number of aliphatic hydroxyl groups is 1. The minimum Gasteiger partial charge on any atom is -0.493 e. The van der Waals surface area contributed by atoms with E-state index >= 15 is 0 Å². The first kappa shape index (κ1) is 23.1. The first-order valence-electron chi connectivity index (χ1n) is 10.9. The van der Waals surface area contributed by atoms with Crippen molar-refractivity contribution in [3.63, 3.8) is 0 Å². The zero-order chi connectivity index (χ0) is 23.9. The molecular weight excluding hydrogens is 432 g/mol. The maximum atomic E-state index is 13.1. The van der Waals surface area contributed by atoms with E-state index < -0.39 is 6.10 Å². The minimum atomic E-state index is -0.944. The second-order valence-corrected chi connectivity index (χ2v) is 7.60. The summed E-state index contributed by atoms with van der Waals surface area (Å²) in [7, 11) is 3.06. The number of hydrogen-bond donors (Lipinski definition) is 2. The molecule has 0 spiro atoms. The third kappa shape index (κ3) is 5.10. The van der Waals surface area contributed by atoms with Gasteiger partial charge < -0.3 is 24.6 Å². The topological polar surface area (TPSA) is 89.9 Å². The molecule has 1 aromatic heterocycles. The Morgan fingerprint density at radius 1 is 0.941 bits per heavy atom. The molecule has 1 unspecified atom stereocenters. The van der Waals surface area contributed by atoms with Gasteiger partial charge in [-0.3, -0.25) is 4.79 Å². The summed E-state index contributed by atoms with van der Waals surface area (Å²) in [6.45, 7) is -0.0447. The molecule has 1 atom stereocenters. The molecule has 34 heavy (non-hydrogen) atoms. The monoisotopic (exact) mass is 458 g/mol. The van der Waals surface area contributed by atoms with Gasteiger partial charge in [0.05, 0.1) is 31.0 Å². The molecule has 1 amide bonds. The average Bonchev–Trinajstić information content (AvgIpc) is 2.90. The van der Waals surface area contributed by atoms with Gasteiger partial charge in [-0.15, -0.1) is 0 Å². The zero-order valence-corrected chi connectivity index (χ0v) is 19.0. The summed E-state index contributed by atoms with van der Waals surface area (Å²) in [5.74, 6) is 1.08. The first-order chi connectivity index (χ1) is 16.6. The first-order valence-corrected chi connectivity index (χ1v) is 10.9. The summed E-state index contributed by atoms with van der Waals surface area (Å²) < 4.78 is 16.3. The molecule has 7 nitrogen and oxygen atoms in total. The molecule has 0 saturated heterocycles. The van der Waals surface area contributed by atoms with Crippen LogP contribution in [0.15, 0.2) is 78.9 Å². The summed E-state index contributed by atoms with van der Waals surface area (Å²) >= 11 is 0. The number of amides is 1. The van der Waals surface area contributed by atoms with Gasteiger partial charge in [0.15, 0.2) is 11.5 Å². The number of nitrogens with zero attached hydrogens (tertiary/aromatic N) is 1. The van der Waals surface area contributed by atoms with Crippen molar-refractivity contribution >= 4 is 16.8 Å². The third-order valence-electron chi connectivity index (χ3n) is 5.33. The van der Waals surface area contributed by atoms with Gasteiger partial charge in [0.1, 0.15) is 12.7 Å². The Kier molecular flexibility index (Phi) is 7.25. The largest absolute Gasteiger partial charge is 0.493 e. The Morgan fingerprint density at radius 2 is 1.62 bits per heavy atom. The highest BCUT2D eigenvalue weighted by molar-refractivity contribution is 6.07. The van der Waals surface area contributed by atoms with Crippen LogP contribution in [0.4, 0.5) is 0 Å². The fraction of sp³-hybridized carbons (Fsp3) is 0.185. The lowest BCUT2D eigenvalue weighted by Crippen LogP contribution is -2.35. The number of hydrogen-bond acceptors (Lipinski definition) is 6. The van der Waals surface area contributed by atoms with Gasteiger partial charge in [-0.05, 0) is 24.3 Å². The smallest absolute Gasteiger partial charge is 0.252 e. The molecule has 0 saturated carbocycles. The van der Waals surface area contributed by atoms with Crippen LogP contribution in [0.5, 0.6) is 17.2 Å². The van der Waals surface area contributed by atoms with Gasteiger partial charge in [0.2, 0.25) is 5.75 Å². The highest BCUT2D eigenvalue weighted by atomic mass is 16.5. The standard InChI is InChI=1S/C27H26N2O5/c1-32-24-13-8-14-25(33-2)26(24)34-17-19(30)16-28-27(31)21-15-23(18-9-4-3-5-10-18)29-22-12-7-6-11-20(21)22/h3-15,19,30H,16-17H2,1-2H3,(H,28,31). The summed E-state index contributed by atoms with van der Waals surface area (Å²) in [4.78, 5) is 17.8. The van der Waals surface area contributed by atoms with Crippen LogP contribution in [0.1, 0.15) is 10.4 Å². The van der Waals surface area contributed by atoms with Gasteiger partial charge in [0, 0.05) is 17.5 Å². The Balaban J connectivity index is 1.48. The molecule has 4 aromatic rings. The predicted octanol–water partition coefficient (Wildman–Crippen LogP) is 4.09. The molecular formula is C27H26N2O5. The van der Waals surface area contributed by atoms with Crippen LogP contribution in [0.3, 0.4) is 0 Å². The number of fused-ring (bicyclic) bond motifs is 1. The van der Waals surface area contributed by atoms with Gasteiger partial charge in [-0.1, -0.05) is 54.6 Å². The molecule has 174 valence electrons. The maximum Gasteiger partial charge on any atom is 0.252 e. The predicted molar refractivity (Wildman–Crippen MR) is 131 cm³/mol. The minimum absolute atomic E-state index is 0.00756. The van der Waals surface area contributed by atoms with Gasteiger partial charge >= 0.3 is 0 Å². The molecule has 0 aliphatic heterocycles. The molecule has 3 aromatic carbocycles. The summed E-state index contributed by atoms with van der Waals surface area (Å²) in [6, 6.07) is 24.2. The normalized spacial score (nSPS) is 11.6. The lowest BCUT2D eigenvalue weighted by molar-refractivity contribution is 0.0835. The Bertz CT molecular complexity index is 1250. The highest BCUT2D eigenvalue weighted by Crippen LogP contribution is 2.36. The second kappa shape index (κ2) is 10.7. The van der Waals surface area contributed by atoms with E-state index in [4.69, 9.17) is 19.2 Å². The van der Waals surface area contributed by atoms with Crippen molar-refractivity contribution in [3.8, 4) is 28.5 Å². The van der Waals surface area contributed by atoms with E-state index in [9.17, 15) is 9.90 Å². The van der Waals surface area contributed by atoms with E-state index in [2.05, 4.69) is 5.32 Å². The van der Waals surface area contributed by atoms with Crippen LogP contribution >= 0.6 is 0 Å². The Labute approximate surface area is 197 Å². The van der Waals surface area contributed by atoms with Crippen molar-refractivity contribution in [3.05, 3.63) is 84.4 Å². The molecule has 0 radical (unpaired) electrons. The number of aliphatic hydroxyl groups excluding tert-OH is 1. The van der Waals surface area contributed by atoms with E-state index in [-0.39, 0.29) is 19.1 Å². The van der Waals surface area contributed by atoms with E-state index in [1.54, 1.807) is 24.3 Å². The van der Waals surface area contributed by atoms with Gasteiger partial charge in [-0.25, -0.2) is 4.98 Å². The van der Waals surface area contributed by atoms with Crippen molar-refractivity contribution < 1.29 is 24.1 Å². The Morgan fingerprint density at radius 3 is 2.32 bits per heavy atom. The van der Waals surface area contributed by atoms with Crippen LogP contribution in [0, 0.1) is 0 Å². The number of para-hydroxylation sites is 2. The average molecular weight is 459 g/mol. The number of carbonyl (C=O) groups is 1. The maximum absolute atomic E-state index is 13.1. The van der Waals surface area contributed by atoms with Crippen molar-refractivity contribution in [2.75, 3.05) is 27.4 Å². The number of benzene rings is 3. The van der Waals surface area contributed by atoms with Crippen molar-refractivity contribution in [1.29, 1.82) is 0 Å². The number of nitrogens with one attached hydrogen (secondary N) is 1. The van der Waals surface area contributed by atoms with Crippen molar-refractivity contribution in [1.82, 2.24) is 10.3 Å². The van der Waals surface area contributed by atoms with E-state index in [1.165, 1.54) is 14.2 Å². The molecule has 2 N–H and O–H groups in total. The summed E-state index contributed by atoms with van der Waals surface area (Å²) in [5.41, 5.74) is 2.84. The van der Waals surface area contributed by atoms with Crippen LogP contribution in [0.25, 0.3) is 22.2 Å². The number of carbonyl (C=O) groups excluding carboxylic acids is 1. The lowest BCUT2D eigenvalue weighted by Gasteiger charge is -2.17. The molecule has 0 bridgehead atoms. The lowest BCUT2D eigenvalue weighted by atomic mass is 10.0. The van der Waals surface area contributed by atoms with Gasteiger partial charge in [0.25, 0.3) is 5.91 Å². The highest BCUT2D eigenvalue weighted by Gasteiger charge is 2.17. The Hall–Kier alpha value is -4.10. The molecule has 4 rings (SSSR count). The molecule has 0 aliphatic carbocycles. The number of rotatable bonds is 9. The van der Waals surface area contributed by atoms with Crippen molar-refractivity contribution in [2.45, 2.75) is 6.10 Å². The SMILES string of the molecule is COc1cccc(OC)c1OCC(O)CNC(=O)c1cc(-c2ccccc2)nc2ccccc12. The quantitative estimate of drug-likeness (QED) is 0.393. The van der Waals surface area contributed by atoms with E-state index in [1.807, 2.05) is 54.6 Å². The van der Waals surface area contributed by atoms with Crippen LogP contribution < -0.4 is 19.5 Å². The molecule has 7 heteroatoms. The second-order valence-electron chi connectivity index (χ2n) is 7.60. The number of ether oxygens (including phenoxy) is 3. The number of aromatic nitrogens is 1. The van der Waals surface area contributed by atoms with Crippen LogP contribution in [0.2, 0.25) is 0 Å². The molecule has 0 aliphatic rings. The number of methoxy groups -OCH3 is 2. The fourth-order valence-corrected chi connectivity index (χ4v) is 3.62. The van der Waals surface area contributed by atoms with E-state index in [0.717, 1.165) is 16.5 Å². The van der Waals surface area contributed by atoms with Crippen molar-refractivity contribution in [2.24, 2.45) is 0 Å². The summed E-state index contributed by atoms with van der Waals surface area (Å²) in [6.07, 6.45) is -0.944. The number of pyridine rings is 1.